The second kappa shape index (κ2) is 9.45. The van der Waals surface area contributed by atoms with Crippen molar-refractivity contribution in [2.75, 3.05) is 0 Å². The van der Waals surface area contributed by atoms with Gasteiger partial charge in [-0.25, -0.2) is 0 Å². The Kier molecular flexibility index (Phi) is 8.99. The van der Waals surface area contributed by atoms with Crippen LogP contribution in [-0.2, 0) is 0 Å². The molecule has 0 aliphatic heterocycles. The van der Waals surface area contributed by atoms with Crippen LogP contribution >= 0.6 is 0 Å². The van der Waals surface area contributed by atoms with Crippen LogP contribution in [0.25, 0.3) is 0 Å². The molecule has 0 aliphatic carbocycles. The Labute approximate surface area is 102 Å². The summed E-state index contributed by atoms with van der Waals surface area (Å²) in [5.41, 5.74) is 1.56. The smallest absolute Gasteiger partial charge is 0.0143 e. The normalized spacial score (nSPS) is 16.4. The van der Waals surface area contributed by atoms with Crippen molar-refractivity contribution in [2.24, 2.45) is 11.8 Å². The van der Waals surface area contributed by atoms with Crippen molar-refractivity contribution >= 4 is 0 Å². The van der Waals surface area contributed by atoms with Crippen molar-refractivity contribution in [1.29, 1.82) is 0 Å². The minimum absolute atomic E-state index is 0.579. The summed E-state index contributed by atoms with van der Waals surface area (Å²) in [6, 6.07) is 0. The van der Waals surface area contributed by atoms with Gasteiger partial charge in [-0.3, -0.25) is 0 Å². The van der Waals surface area contributed by atoms with E-state index in [1.54, 1.807) is 5.57 Å². The summed E-state index contributed by atoms with van der Waals surface area (Å²) in [7, 11) is 0. The molecular weight excluding hydrogens is 192 g/mol. The molecule has 0 N–H and O–H groups in total. The van der Waals surface area contributed by atoms with Crippen LogP contribution in [0.4, 0.5) is 0 Å². The highest BCUT2D eigenvalue weighted by Gasteiger charge is 2.15. The van der Waals surface area contributed by atoms with Crippen LogP contribution in [0, 0.1) is 11.8 Å². The fourth-order valence-corrected chi connectivity index (χ4v) is 2.09. The van der Waals surface area contributed by atoms with Crippen LogP contribution in [0.3, 0.4) is 0 Å². The van der Waals surface area contributed by atoms with Crippen LogP contribution in [0.1, 0.15) is 53.4 Å². The first kappa shape index (κ1) is 15.2. The van der Waals surface area contributed by atoms with Gasteiger partial charge >= 0.3 is 0 Å². The highest BCUT2D eigenvalue weighted by atomic mass is 14.2. The maximum absolute atomic E-state index is 3.91. The molecule has 0 aromatic carbocycles. The van der Waals surface area contributed by atoms with E-state index >= 15 is 0 Å². The lowest BCUT2D eigenvalue weighted by atomic mass is 9.83. The monoisotopic (exact) mass is 220 g/mol. The van der Waals surface area contributed by atoms with E-state index in [0.29, 0.717) is 11.8 Å². The van der Waals surface area contributed by atoms with Crippen molar-refractivity contribution < 1.29 is 0 Å². The van der Waals surface area contributed by atoms with E-state index in [-0.39, 0.29) is 0 Å². The Morgan fingerprint density at radius 1 is 1.25 bits per heavy atom. The Bertz CT molecular complexity index is 232. The molecule has 0 saturated carbocycles. The van der Waals surface area contributed by atoms with E-state index in [1.807, 2.05) is 0 Å². The average molecular weight is 220 g/mol. The lowest BCUT2D eigenvalue weighted by Gasteiger charge is -2.22. The maximum Gasteiger partial charge on any atom is -0.0143 e. The van der Waals surface area contributed by atoms with Gasteiger partial charge in [0.15, 0.2) is 0 Å². The molecule has 0 aromatic heterocycles. The van der Waals surface area contributed by atoms with E-state index < -0.39 is 0 Å². The van der Waals surface area contributed by atoms with Crippen molar-refractivity contribution in [3.8, 4) is 0 Å². The second-order valence-corrected chi connectivity index (χ2v) is 4.42. The zero-order valence-corrected chi connectivity index (χ0v) is 11.5. The molecule has 0 aliphatic rings. The Morgan fingerprint density at radius 3 is 2.38 bits per heavy atom. The summed E-state index contributed by atoms with van der Waals surface area (Å²) >= 11 is 0. The number of allylic oxidation sites excluding steroid dienone is 5. The van der Waals surface area contributed by atoms with Crippen LogP contribution in [0.2, 0.25) is 0 Å². The molecule has 0 radical (unpaired) electrons. The Balaban J connectivity index is 4.59. The molecule has 0 aromatic rings. The maximum atomic E-state index is 3.91. The molecule has 0 fully saturated rings. The fourth-order valence-electron chi connectivity index (χ4n) is 2.09. The van der Waals surface area contributed by atoms with Gasteiger partial charge in [-0.15, -0.1) is 6.58 Å². The molecule has 0 saturated heterocycles. The molecule has 0 heteroatoms. The standard InChI is InChI=1S/C16H28/c1-6-10-11-12-13-15(8-3)16(9-4)14(5)7-2/h7,11-14,16H,2,6,8-10H2,1,3-5H3. The van der Waals surface area contributed by atoms with Crippen LogP contribution in [0.15, 0.2) is 36.5 Å². The van der Waals surface area contributed by atoms with Crippen molar-refractivity contribution in [1.82, 2.24) is 0 Å². The number of unbranched alkanes of at least 4 members (excludes halogenated alkanes) is 1. The molecule has 2 atom stereocenters. The first-order chi connectivity index (χ1) is 7.71. The first-order valence-corrected chi connectivity index (χ1v) is 6.69. The van der Waals surface area contributed by atoms with Gasteiger partial charge in [0.05, 0.1) is 0 Å². The number of rotatable bonds is 8. The van der Waals surface area contributed by atoms with Crippen LogP contribution in [0.5, 0.6) is 0 Å². The number of hydrogen-bond donors (Lipinski definition) is 0. The zero-order valence-electron chi connectivity index (χ0n) is 11.5. The van der Waals surface area contributed by atoms with Crippen LogP contribution < -0.4 is 0 Å². The molecule has 0 rings (SSSR count). The highest BCUT2D eigenvalue weighted by molar-refractivity contribution is 5.16. The summed E-state index contributed by atoms with van der Waals surface area (Å²) in [6.07, 6.45) is 13.6. The average Bonchev–Trinajstić information content (AvgIpc) is 2.32. The van der Waals surface area contributed by atoms with Gasteiger partial charge in [-0.1, -0.05) is 64.0 Å². The van der Waals surface area contributed by atoms with E-state index in [9.17, 15) is 0 Å². The predicted octanol–water partition coefficient (Wildman–Crippen LogP) is 5.53. The van der Waals surface area contributed by atoms with Crippen molar-refractivity contribution in [3.63, 3.8) is 0 Å². The largest absolute Gasteiger partial charge is 0.103 e. The summed E-state index contributed by atoms with van der Waals surface area (Å²) in [4.78, 5) is 0. The van der Waals surface area contributed by atoms with E-state index in [4.69, 9.17) is 0 Å². The quantitative estimate of drug-likeness (QED) is 0.373. The Hall–Kier alpha value is -0.780. The lowest BCUT2D eigenvalue weighted by molar-refractivity contribution is 0.461. The summed E-state index contributed by atoms with van der Waals surface area (Å²) < 4.78 is 0. The first-order valence-electron chi connectivity index (χ1n) is 6.69. The third-order valence-corrected chi connectivity index (χ3v) is 3.23. The molecular formula is C16H28. The third kappa shape index (κ3) is 5.34. The number of hydrogen-bond acceptors (Lipinski definition) is 0. The summed E-state index contributed by atoms with van der Waals surface area (Å²) in [5, 5.41) is 0. The SMILES string of the molecule is C=CC(C)C(CC)C(=CC=CCCC)CC. The van der Waals surface area contributed by atoms with Gasteiger partial charge < -0.3 is 0 Å². The van der Waals surface area contributed by atoms with Gasteiger partial charge in [-0.2, -0.15) is 0 Å². The van der Waals surface area contributed by atoms with Crippen LogP contribution in [-0.4, -0.2) is 0 Å². The van der Waals surface area contributed by atoms with Gasteiger partial charge in [-0.05, 0) is 31.1 Å². The molecule has 0 amide bonds. The fraction of sp³-hybridized carbons (Fsp3) is 0.625. The highest BCUT2D eigenvalue weighted by Crippen LogP contribution is 2.27. The Morgan fingerprint density at radius 2 is 1.94 bits per heavy atom. The third-order valence-electron chi connectivity index (χ3n) is 3.23. The van der Waals surface area contributed by atoms with E-state index in [1.165, 1.54) is 19.3 Å². The molecule has 2 unspecified atom stereocenters. The second-order valence-electron chi connectivity index (χ2n) is 4.42. The van der Waals surface area contributed by atoms with E-state index in [0.717, 1.165) is 6.42 Å². The van der Waals surface area contributed by atoms with Gasteiger partial charge in [0.1, 0.15) is 0 Å². The molecule has 0 bridgehead atoms. The van der Waals surface area contributed by atoms with Gasteiger partial charge in [0, 0.05) is 0 Å². The molecule has 92 valence electrons. The topological polar surface area (TPSA) is 0 Å². The van der Waals surface area contributed by atoms with Crippen molar-refractivity contribution in [2.45, 2.75) is 53.4 Å². The zero-order chi connectivity index (χ0) is 12.4. The molecule has 16 heavy (non-hydrogen) atoms. The summed E-state index contributed by atoms with van der Waals surface area (Å²) in [6.45, 7) is 12.9. The summed E-state index contributed by atoms with van der Waals surface area (Å²) in [5.74, 6) is 1.24. The van der Waals surface area contributed by atoms with Crippen molar-refractivity contribution in [3.05, 3.63) is 36.5 Å². The lowest BCUT2D eigenvalue weighted by Crippen LogP contribution is -2.11. The van der Waals surface area contributed by atoms with E-state index in [2.05, 4.69) is 58.6 Å². The molecule has 0 nitrogen and oxygen atoms in total. The predicted molar refractivity (Wildman–Crippen MR) is 75.6 cm³/mol. The molecule has 0 spiro atoms. The molecule has 0 heterocycles. The minimum atomic E-state index is 0.579. The minimum Gasteiger partial charge on any atom is -0.103 e. The van der Waals surface area contributed by atoms with Gasteiger partial charge in [0.25, 0.3) is 0 Å². The van der Waals surface area contributed by atoms with Gasteiger partial charge in [0.2, 0.25) is 0 Å².